The summed E-state index contributed by atoms with van der Waals surface area (Å²) >= 11 is 6.06. The Hall–Kier alpha value is -0.680. The summed E-state index contributed by atoms with van der Waals surface area (Å²) in [5.74, 6) is 0.0310. The van der Waals surface area contributed by atoms with E-state index in [0.717, 1.165) is 51.0 Å². The van der Waals surface area contributed by atoms with Gasteiger partial charge in [0.25, 0.3) is 0 Å². The third kappa shape index (κ3) is 5.20. The van der Waals surface area contributed by atoms with Crippen molar-refractivity contribution >= 4 is 11.6 Å². The van der Waals surface area contributed by atoms with Crippen LogP contribution in [0, 0.1) is 11.7 Å². The zero-order valence-electron chi connectivity index (χ0n) is 13.4. The molecule has 0 saturated carbocycles. The number of aliphatic hydroxyl groups is 1. The zero-order valence-corrected chi connectivity index (χ0v) is 14.2. The number of benzene rings is 1. The van der Waals surface area contributed by atoms with Crippen LogP contribution < -0.4 is 0 Å². The van der Waals surface area contributed by atoms with Crippen LogP contribution in [-0.2, 0) is 6.42 Å². The maximum Gasteiger partial charge on any atom is 0.124 e. The van der Waals surface area contributed by atoms with E-state index in [1.54, 1.807) is 6.07 Å². The normalized spacial score (nSPS) is 23.2. The standard InChI is InChI=1S/C17H26ClFN2O/c1-20(2)11-14-12-21(9-7-17(14)22)8-3-4-13-5-6-15(19)10-16(13)18/h5-6,10,14,17,22H,3-4,7-9,11-12H2,1-2H3/t14-,17+/m0/s1. The van der Waals surface area contributed by atoms with Gasteiger partial charge in [0, 0.05) is 30.6 Å². The molecule has 22 heavy (non-hydrogen) atoms. The molecule has 1 aliphatic rings. The predicted molar refractivity (Wildman–Crippen MR) is 88.8 cm³/mol. The maximum absolute atomic E-state index is 13.0. The van der Waals surface area contributed by atoms with Crippen molar-refractivity contribution in [2.75, 3.05) is 40.3 Å². The first-order valence-corrected chi connectivity index (χ1v) is 8.32. The lowest BCUT2D eigenvalue weighted by Gasteiger charge is -2.37. The first kappa shape index (κ1) is 17.7. The van der Waals surface area contributed by atoms with Gasteiger partial charge in [0.1, 0.15) is 5.82 Å². The third-order valence-corrected chi connectivity index (χ3v) is 4.67. The Morgan fingerprint density at radius 2 is 2.18 bits per heavy atom. The van der Waals surface area contributed by atoms with Crippen LogP contribution in [0.1, 0.15) is 18.4 Å². The average molecular weight is 329 g/mol. The van der Waals surface area contributed by atoms with Crippen LogP contribution in [0.5, 0.6) is 0 Å². The van der Waals surface area contributed by atoms with Gasteiger partial charge in [-0.2, -0.15) is 0 Å². The number of halogens is 2. The summed E-state index contributed by atoms with van der Waals surface area (Å²) in [5.41, 5.74) is 1.00. The van der Waals surface area contributed by atoms with Crippen molar-refractivity contribution in [3.05, 3.63) is 34.6 Å². The minimum atomic E-state index is -0.287. The minimum absolute atomic E-state index is 0.190. The molecule has 0 radical (unpaired) electrons. The number of nitrogens with zero attached hydrogens (tertiary/aromatic N) is 2. The number of hydrogen-bond donors (Lipinski definition) is 1. The fourth-order valence-electron chi connectivity index (χ4n) is 3.16. The van der Waals surface area contributed by atoms with E-state index in [0.29, 0.717) is 10.9 Å². The highest BCUT2D eigenvalue weighted by Gasteiger charge is 2.27. The third-order valence-electron chi connectivity index (χ3n) is 4.31. The first-order valence-electron chi connectivity index (χ1n) is 7.95. The SMILES string of the molecule is CN(C)C[C@H]1CN(CCCc2ccc(F)cc2Cl)CC[C@H]1O. The van der Waals surface area contributed by atoms with Gasteiger partial charge in [-0.25, -0.2) is 4.39 Å². The Morgan fingerprint density at radius 3 is 2.86 bits per heavy atom. The van der Waals surface area contributed by atoms with E-state index in [2.05, 4.69) is 9.80 Å². The number of piperidine rings is 1. The van der Waals surface area contributed by atoms with Gasteiger partial charge >= 0.3 is 0 Å². The summed E-state index contributed by atoms with van der Waals surface area (Å²) < 4.78 is 13.0. The lowest BCUT2D eigenvalue weighted by atomic mass is 9.94. The number of hydrogen-bond acceptors (Lipinski definition) is 3. The molecule has 0 aromatic heterocycles. The summed E-state index contributed by atoms with van der Waals surface area (Å²) in [4.78, 5) is 4.55. The van der Waals surface area contributed by atoms with Crippen molar-refractivity contribution in [3.8, 4) is 0 Å². The number of aliphatic hydroxyl groups excluding tert-OH is 1. The maximum atomic E-state index is 13.0. The molecule has 1 heterocycles. The number of rotatable bonds is 6. The first-order chi connectivity index (χ1) is 10.5. The highest BCUT2D eigenvalue weighted by atomic mass is 35.5. The second-order valence-electron chi connectivity index (χ2n) is 6.52. The molecule has 0 spiro atoms. The van der Waals surface area contributed by atoms with E-state index in [1.165, 1.54) is 12.1 Å². The Balaban J connectivity index is 1.79. The van der Waals surface area contributed by atoms with E-state index in [4.69, 9.17) is 11.6 Å². The molecule has 1 N–H and O–H groups in total. The number of aryl methyl sites for hydroxylation is 1. The molecule has 1 aromatic carbocycles. The molecule has 0 amide bonds. The van der Waals surface area contributed by atoms with Crippen LogP contribution in [0.25, 0.3) is 0 Å². The van der Waals surface area contributed by atoms with Crippen LogP contribution in [0.15, 0.2) is 18.2 Å². The summed E-state index contributed by atoms with van der Waals surface area (Å²) in [7, 11) is 4.09. The fraction of sp³-hybridized carbons (Fsp3) is 0.647. The zero-order chi connectivity index (χ0) is 16.1. The largest absolute Gasteiger partial charge is 0.393 e. The van der Waals surface area contributed by atoms with Crippen molar-refractivity contribution in [3.63, 3.8) is 0 Å². The van der Waals surface area contributed by atoms with Gasteiger partial charge in [-0.15, -0.1) is 0 Å². The van der Waals surface area contributed by atoms with Crippen LogP contribution in [0.3, 0.4) is 0 Å². The van der Waals surface area contributed by atoms with Gasteiger partial charge in [0.15, 0.2) is 0 Å². The highest BCUT2D eigenvalue weighted by Crippen LogP contribution is 2.21. The molecule has 2 atom stereocenters. The smallest absolute Gasteiger partial charge is 0.124 e. The molecule has 0 bridgehead atoms. The topological polar surface area (TPSA) is 26.7 Å². The second kappa shape index (κ2) is 8.25. The Labute approximate surface area is 137 Å². The summed E-state index contributed by atoms with van der Waals surface area (Å²) in [6.07, 6.45) is 2.51. The quantitative estimate of drug-likeness (QED) is 0.869. The Kier molecular flexibility index (Phi) is 6.63. The Bertz CT molecular complexity index is 484. The monoisotopic (exact) mass is 328 g/mol. The summed E-state index contributed by atoms with van der Waals surface area (Å²) in [6, 6.07) is 4.61. The lowest BCUT2D eigenvalue weighted by Crippen LogP contribution is -2.47. The van der Waals surface area contributed by atoms with E-state index in [1.807, 2.05) is 14.1 Å². The molecule has 0 unspecified atom stereocenters. The summed E-state index contributed by atoms with van der Waals surface area (Å²) in [5, 5.41) is 10.6. The predicted octanol–water partition coefficient (Wildman–Crippen LogP) is 2.66. The van der Waals surface area contributed by atoms with Crippen LogP contribution in [0.4, 0.5) is 4.39 Å². The van der Waals surface area contributed by atoms with Gasteiger partial charge < -0.3 is 14.9 Å². The van der Waals surface area contributed by atoms with E-state index < -0.39 is 0 Å². The Morgan fingerprint density at radius 1 is 1.41 bits per heavy atom. The van der Waals surface area contributed by atoms with Gasteiger partial charge in [-0.1, -0.05) is 17.7 Å². The molecule has 1 aliphatic heterocycles. The molecular formula is C17H26ClFN2O. The van der Waals surface area contributed by atoms with Gasteiger partial charge in [0.2, 0.25) is 0 Å². The molecule has 1 fully saturated rings. The van der Waals surface area contributed by atoms with E-state index in [-0.39, 0.29) is 11.9 Å². The molecule has 5 heteroatoms. The molecule has 124 valence electrons. The molecule has 1 aromatic rings. The second-order valence-corrected chi connectivity index (χ2v) is 6.93. The van der Waals surface area contributed by atoms with Gasteiger partial charge in [-0.3, -0.25) is 0 Å². The van der Waals surface area contributed by atoms with Crippen molar-refractivity contribution in [1.29, 1.82) is 0 Å². The fourth-order valence-corrected chi connectivity index (χ4v) is 3.43. The molecule has 1 saturated heterocycles. The van der Waals surface area contributed by atoms with Crippen LogP contribution in [-0.4, -0.2) is 61.3 Å². The number of likely N-dealkylation sites (tertiary alicyclic amines) is 1. The van der Waals surface area contributed by atoms with Crippen LogP contribution >= 0.6 is 11.6 Å². The molecule has 2 rings (SSSR count). The van der Waals surface area contributed by atoms with Crippen molar-refractivity contribution in [2.45, 2.75) is 25.4 Å². The van der Waals surface area contributed by atoms with E-state index >= 15 is 0 Å². The van der Waals surface area contributed by atoms with Crippen molar-refractivity contribution in [2.24, 2.45) is 5.92 Å². The molecule has 0 aliphatic carbocycles. The van der Waals surface area contributed by atoms with E-state index in [9.17, 15) is 9.50 Å². The van der Waals surface area contributed by atoms with Gasteiger partial charge in [0.05, 0.1) is 6.10 Å². The van der Waals surface area contributed by atoms with Gasteiger partial charge in [-0.05, 0) is 57.6 Å². The minimum Gasteiger partial charge on any atom is -0.393 e. The van der Waals surface area contributed by atoms with Crippen molar-refractivity contribution < 1.29 is 9.50 Å². The van der Waals surface area contributed by atoms with Crippen LogP contribution in [0.2, 0.25) is 5.02 Å². The van der Waals surface area contributed by atoms with Crippen molar-refractivity contribution in [1.82, 2.24) is 9.80 Å². The lowest BCUT2D eigenvalue weighted by molar-refractivity contribution is 0.0156. The molecular weight excluding hydrogens is 303 g/mol. The molecule has 3 nitrogen and oxygen atoms in total. The highest BCUT2D eigenvalue weighted by molar-refractivity contribution is 6.31. The summed E-state index contributed by atoms with van der Waals surface area (Å²) in [6.45, 7) is 3.80. The average Bonchev–Trinajstić information content (AvgIpc) is 2.44.